The third-order valence-electron chi connectivity index (χ3n) is 4.62. The van der Waals surface area contributed by atoms with Gasteiger partial charge in [0.25, 0.3) is 5.91 Å². The Morgan fingerprint density at radius 3 is 2.57 bits per heavy atom. The number of piperidine rings is 1. The minimum absolute atomic E-state index is 0.0570. The Balaban J connectivity index is 1.59. The van der Waals surface area contributed by atoms with Crippen molar-refractivity contribution in [1.29, 1.82) is 0 Å². The van der Waals surface area contributed by atoms with Gasteiger partial charge in [-0.05, 0) is 63.9 Å². The first-order valence-corrected chi connectivity index (χ1v) is 9.98. The van der Waals surface area contributed by atoms with Gasteiger partial charge in [-0.1, -0.05) is 6.07 Å². The van der Waals surface area contributed by atoms with Gasteiger partial charge < -0.3 is 20.3 Å². The predicted molar refractivity (Wildman–Crippen MR) is 112 cm³/mol. The Morgan fingerprint density at radius 2 is 1.90 bits per heavy atom. The van der Waals surface area contributed by atoms with Gasteiger partial charge in [-0.25, -0.2) is 14.2 Å². The zero-order valence-corrected chi connectivity index (χ0v) is 17.4. The fourth-order valence-electron chi connectivity index (χ4n) is 3.19. The summed E-state index contributed by atoms with van der Waals surface area (Å²) in [6.45, 7) is 6.53. The molecule has 30 heavy (non-hydrogen) atoms. The van der Waals surface area contributed by atoms with Crippen LogP contribution in [0.3, 0.4) is 0 Å². The molecule has 160 valence electrons. The van der Waals surface area contributed by atoms with Crippen LogP contribution in [-0.4, -0.2) is 46.6 Å². The monoisotopic (exact) mass is 414 g/mol. The van der Waals surface area contributed by atoms with Gasteiger partial charge in [-0.3, -0.25) is 4.79 Å². The van der Waals surface area contributed by atoms with Crippen LogP contribution in [0.4, 0.5) is 20.7 Å². The summed E-state index contributed by atoms with van der Waals surface area (Å²) in [5.41, 5.74) is 0.345. The van der Waals surface area contributed by atoms with Crippen molar-refractivity contribution in [1.82, 2.24) is 15.2 Å². The lowest BCUT2D eigenvalue weighted by Crippen LogP contribution is -2.47. The number of pyridine rings is 1. The molecule has 2 aromatic rings. The number of rotatable bonds is 4. The van der Waals surface area contributed by atoms with E-state index in [0.29, 0.717) is 43.0 Å². The average Bonchev–Trinajstić information content (AvgIpc) is 2.67. The van der Waals surface area contributed by atoms with Gasteiger partial charge in [0.15, 0.2) is 0 Å². The van der Waals surface area contributed by atoms with Gasteiger partial charge in [0.05, 0.1) is 5.56 Å². The van der Waals surface area contributed by atoms with E-state index in [0.717, 1.165) is 0 Å². The van der Waals surface area contributed by atoms with Crippen molar-refractivity contribution in [3.05, 3.63) is 54.0 Å². The lowest BCUT2D eigenvalue weighted by Gasteiger charge is -2.33. The van der Waals surface area contributed by atoms with Crippen molar-refractivity contribution in [2.24, 2.45) is 0 Å². The van der Waals surface area contributed by atoms with Crippen molar-refractivity contribution in [2.75, 3.05) is 18.4 Å². The Bertz CT molecular complexity index is 905. The van der Waals surface area contributed by atoms with Gasteiger partial charge in [0.2, 0.25) is 0 Å². The second-order valence-corrected chi connectivity index (χ2v) is 8.25. The highest BCUT2D eigenvalue weighted by Gasteiger charge is 2.28. The number of hydrogen-bond donors (Lipinski definition) is 2. The predicted octanol–water partition coefficient (Wildman–Crippen LogP) is 4.09. The minimum Gasteiger partial charge on any atom is -0.444 e. The molecule has 0 saturated carbocycles. The maximum Gasteiger partial charge on any atom is 0.410 e. The number of carbonyl (C=O) groups is 2. The molecule has 1 aromatic heterocycles. The lowest BCUT2D eigenvalue weighted by molar-refractivity contribution is 0.0199. The number of likely N-dealkylation sites (tertiary alicyclic amines) is 1. The zero-order chi connectivity index (χ0) is 21.7. The third kappa shape index (κ3) is 5.92. The standard InChI is InChI=1S/C22H27FN4O3/c1-22(2,3)30-21(29)27-12-9-16(10-13-27)26-20(28)18-8-5-11-24-19(18)25-17-7-4-6-15(23)14-17/h4-8,11,14,16H,9-10,12-13H2,1-3H3,(H,24,25)(H,26,28). The lowest BCUT2D eigenvalue weighted by atomic mass is 10.0. The third-order valence-corrected chi connectivity index (χ3v) is 4.62. The summed E-state index contributed by atoms with van der Waals surface area (Å²) in [6.07, 6.45) is 2.51. The summed E-state index contributed by atoms with van der Waals surface area (Å²) in [6, 6.07) is 9.25. The van der Waals surface area contributed by atoms with E-state index in [2.05, 4.69) is 15.6 Å². The molecule has 7 nitrogen and oxygen atoms in total. The van der Waals surface area contributed by atoms with Gasteiger partial charge in [0.1, 0.15) is 17.2 Å². The summed E-state index contributed by atoms with van der Waals surface area (Å²) in [5, 5.41) is 6.00. The molecule has 0 radical (unpaired) electrons. The second kappa shape index (κ2) is 9.11. The van der Waals surface area contributed by atoms with Gasteiger partial charge in [0, 0.05) is 31.0 Å². The van der Waals surface area contributed by atoms with Gasteiger partial charge >= 0.3 is 6.09 Å². The van der Waals surface area contributed by atoms with E-state index < -0.39 is 5.60 Å². The first kappa shape index (κ1) is 21.5. The van der Waals surface area contributed by atoms with Crippen molar-refractivity contribution in [3.8, 4) is 0 Å². The quantitative estimate of drug-likeness (QED) is 0.787. The molecule has 1 aromatic carbocycles. The normalized spacial score (nSPS) is 14.9. The number of hydrogen-bond acceptors (Lipinski definition) is 5. The van der Waals surface area contributed by atoms with Crippen molar-refractivity contribution in [3.63, 3.8) is 0 Å². The van der Waals surface area contributed by atoms with Crippen LogP contribution < -0.4 is 10.6 Å². The van der Waals surface area contributed by atoms with Crippen molar-refractivity contribution < 1.29 is 18.7 Å². The first-order valence-electron chi connectivity index (χ1n) is 9.98. The Labute approximate surface area is 175 Å². The van der Waals surface area contributed by atoms with Crippen LogP contribution in [0.5, 0.6) is 0 Å². The summed E-state index contributed by atoms with van der Waals surface area (Å²) in [4.78, 5) is 30.9. The summed E-state index contributed by atoms with van der Waals surface area (Å²) in [5.74, 6) is -0.289. The van der Waals surface area contributed by atoms with E-state index in [1.165, 1.54) is 12.1 Å². The van der Waals surface area contributed by atoms with E-state index in [1.54, 1.807) is 35.4 Å². The molecule has 1 aliphatic heterocycles. The summed E-state index contributed by atoms with van der Waals surface area (Å²) in [7, 11) is 0. The van der Waals surface area contributed by atoms with Crippen molar-refractivity contribution in [2.45, 2.75) is 45.3 Å². The molecule has 0 aliphatic carbocycles. The molecule has 1 fully saturated rings. The molecule has 1 saturated heterocycles. The minimum atomic E-state index is -0.534. The molecule has 0 bridgehead atoms. The Morgan fingerprint density at radius 1 is 1.17 bits per heavy atom. The van der Waals surface area contributed by atoms with E-state index in [4.69, 9.17) is 4.74 Å². The van der Waals surface area contributed by atoms with Crippen LogP contribution in [-0.2, 0) is 4.74 Å². The number of nitrogens with one attached hydrogen (secondary N) is 2. The molecule has 1 aliphatic rings. The number of nitrogens with zero attached hydrogens (tertiary/aromatic N) is 2. The fourth-order valence-corrected chi connectivity index (χ4v) is 3.19. The van der Waals surface area contributed by atoms with E-state index in [-0.39, 0.29) is 23.9 Å². The topological polar surface area (TPSA) is 83.6 Å². The van der Waals surface area contributed by atoms with Crippen LogP contribution in [0, 0.1) is 5.82 Å². The van der Waals surface area contributed by atoms with Gasteiger partial charge in [-0.2, -0.15) is 0 Å². The fraction of sp³-hybridized carbons (Fsp3) is 0.409. The number of amides is 2. The van der Waals surface area contributed by atoms with Crippen LogP contribution in [0.25, 0.3) is 0 Å². The molecule has 2 N–H and O–H groups in total. The molecule has 2 amide bonds. The summed E-state index contributed by atoms with van der Waals surface area (Å²) >= 11 is 0. The molecule has 3 rings (SSSR count). The second-order valence-electron chi connectivity index (χ2n) is 8.25. The first-order chi connectivity index (χ1) is 14.2. The molecule has 0 unspecified atom stereocenters. The molecular formula is C22H27FN4O3. The van der Waals surface area contributed by atoms with E-state index in [9.17, 15) is 14.0 Å². The molecule has 0 atom stereocenters. The highest BCUT2D eigenvalue weighted by atomic mass is 19.1. The number of benzene rings is 1. The Kier molecular flexibility index (Phi) is 6.54. The highest BCUT2D eigenvalue weighted by molar-refractivity contribution is 5.99. The van der Waals surface area contributed by atoms with E-state index in [1.807, 2.05) is 20.8 Å². The SMILES string of the molecule is CC(C)(C)OC(=O)N1CCC(NC(=O)c2cccnc2Nc2cccc(F)c2)CC1. The van der Waals surface area contributed by atoms with Crippen LogP contribution >= 0.6 is 0 Å². The number of halogens is 1. The number of ether oxygens (including phenoxy) is 1. The average molecular weight is 414 g/mol. The number of carbonyl (C=O) groups excluding carboxylic acids is 2. The molecule has 8 heteroatoms. The van der Waals surface area contributed by atoms with Crippen molar-refractivity contribution >= 4 is 23.5 Å². The maximum absolute atomic E-state index is 13.4. The molecular weight excluding hydrogens is 387 g/mol. The van der Waals surface area contributed by atoms with E-state index >= 15 is 0 Å². The number of anilines is 2. The van der Waals surface area contributed by atoms with Crippen LogP contribution in [0.2, 0.25) is 0 Å². The largest absolute Gasteiger partial charge is 0.444 e. The molecule has 2 heterocycles. The van der Waals surface area contributed by atoms with Gasteiger partial charge in [-0.15, -0.1) is 0 Å². The summed E-state index contributed by atoms with van der Waals surface area (Å²) < 4.78 is 18.8. The smallest absolute Gasteiger partial charge is 0.410 e. The highest BCUT2D eigenvalue weighted by Crippen LogP contribution is 2.20. The zero-order valence-electron chi connectivity index (χ0n) is 17.4. The van der Waals surface area contributed by atoms with Crippen LogP contribution in [0.1, 0.15) is 44.0 Å². The Hall–Kier alpha value is -3.16. The van der Waals surface area contributed by atoms with Crippen LogP contribution in [0.15, 0.2) is 42.6 Å². The number of aromatic nitrogens is 1. The molecule has 0 spiro atoms. The maximum atomic E-state index is 13.4.